The first kappa shape index (κ1) is 32.0. The molecular weight excluding hydrogens is 644 g/mol. The lowest BCUT2D eigenvalue weighted by molar-refractivity contribution is -0.387. The predicted octanol–water partition coefficient (Wildman–Crippen LogP) is 6.81. The van der Waals surface area contributed by atoms with Gasteiger partial charge >= 0.3 is 0 Å². The fourth-order valence-corrected chi connectivity index (χ4v) is 8.42. The molecular formula is C32H31FN6O6SSi. The Morgan fingerprint density at radius 3 is 2.70 bits per heavy atom. The van der Waals surface area contributed by atoms with Gasteiger partial charge in [0.15, 0.2) is 17.0 Å². The first-order valence-corrected chi connectivity index (χ1v) is 20.0. The Labute approximate surface area is 271 Å². The highest BCUT2D eigenvalue weighted by Gasteiger charge is 2.41. The number of ether oxygens (including phenoxy) is 1. The van der Waals surface area contributed by atoms with Crippen LogP contribution in [0.1, 0.15) is 29.2 Å². The summed E-state index contributed by atoms with van der Waals surface area (Å²) in [6, 6.07) is 14.4. The zero-order valence-electron chi connectivity index (χ0n) is 25.9. The standard InChI is InChI=1S/C32H31FN6O6SSi/c1-47(2,3)13-12-44-20-37-26-11-9-23(16-24(26)32(36-37)29-18-35-19-45-29)38(46(42,43)30-7-5-4-6-27(30)39(40)41)28-10-8-22-14-21(17-34)15-25(33)31(22)28/h4-7,9,11,14-16,18-19,28H,8,10,12-13,20H2,1-3H3. The van der Waals surface area contributed by atoms with Gasteiger partial charge in [-0.05, 0) is 60.8 Å². The molecule has 0 amide bonds. The van der Waals surface area contributed by atoms with Gasteiger partial charge < -0.3 is 9.15 Å². The molecule has 3 aromatic carbocycles. The van der Waals surface area contributed by atoms with Crippen molar-refractivity contribution in [1.29, 1.82) is 5.26 Å². The smallest absolute Gasteiger partial charge is 0.289 e. The van der Waals surface area contributed by atoms with E-state index >= 15 is 4.39 Å². The van der Waals surface area contributed by atoms with E-state index in [1.165, 1.54) is 30.8 Å². The number of anilines is 1. The van der Waals surface area contributed by atoms with Crippen molar-refractivity contribution < 1.29 is 26.9 Å². The molecule has 2 heterocycles. The molecule has 0 aliphatic heterocycles. The monoisotopic (exact) mass is 674 g/mol. The highest BCUT2D eigenvalue weighted by atomic mass is 32.2. The number of sulfonamides is 1. The van der Waals surface area contributed by atoms with Crippen LogP contribution in [0.3, 0.4) is 0 Å². The fourth-order valence-electron chi connectivity index (χ4n) is 5.86. The number of hydrogen-bond acceptors (Lipinski definition) is 9. The van der Waals surface area contributed by atoms with Crippen LogP contribution >= 0.6 is 0 Å². The van der Waals surface area contributed by atoms with Crippen molar-refractivity contribution in [1.82, 2.24) is 14.8 Å². The quantitative estimate of drug-likeness (QED) is 0.0635. The number of halogens is 1. The summed E-state index contributed by atoms with van der Waals surface area (Å²) < 4.78 is 59.1. The summed E-state index contributed by atoms with van der Waals surface area (Å²) >= 11 is 0. The number of para-hydroxylation sites is 1. The van der Waals surface area contributed by atoms with Crippen LogP contribution in [0, 0.1) is 27.3 Å². The van der Waals surface area contributed by atoms with Crippen LogP contribution in [0.15, 0.2) is 76.5 Å². The average Bonchev–Trinajstić information content (AvgIpc) is 3.78. The molecule has 242 valence electrons. The van der Waals surface area contributed by atoms with Gasteiger partial charge in [0.05, 0.1) is 40.0 Å². The molecule has 15 heteroatoms. The number of nitro benzene ring substituents is 1. The second-order valence-corrected chi connectivity index (χ2v) is 19.9. The van der Waals surface area contributed by atoms with Crippen LogP contribution < -0.4 is 4.31 Å². The lowest BCUT2D eigenvalue weighted by atomic mass is 10.0. The Hall–Kier alpha value is -4.91. The second kappa shape index (κ2) is 12.4. The van der Waals surface area contributed by atoms with Gasteiger partial charge in [-0.1, -0.05) is 31.8 Å². The van der Waals surface area contributed by atoms with Crippen LogP contribution in [0.5, 0.6) is 0 Å². The van der Waals surface area contributed by atoms with E-state index in [0.717, 1.165) is 22.5 Å². The number of aryl methyl sites for hydroxylation is 1. The predicted molar refractivity (Wildman–Crippen MR) is 174 cm³/mol. The van der Waals surface area contributed by atoms with E-state index in [0.29, 0.717) is 40.9 Å². The summed E-state index contributed by atoms with van der Waals surface area (Å²) in [5.74, 6) is -0.390. The third kappa shape index (κ3) is 6.14. The zero-order valence-corrected chi connectivity index (χ0v) is 27.7. The van der Waals surface area contributed by atoms with Crippen LogP contribution in [0.4, 0.5) is 15.8 Å². The Balaban J connectivity index is 1.53. The summed E-state index contributed by atoms with van der Waals surface area (Å²) in [5.41, 5.74) is 1.27. The molecule has 1 aliphatic carbocycles. The van der Waals surface area contributed by atoms with Crippen molar-refractivity contribution in [3.8, 4) is 17.5 Å². The van der Waals surface area contributed by atoms with Gasteiger partial charge in [-0.2, -0.15) is 10.4 Å². The molecule has 0 saturated heterocycles. The third-order valence-electron chi connectivity index (χ3n) is 8.11. The highest BCUT2D eigenvalue weighted by Crippen LogP contribution is 2.45. The Morgan fingerprint density at radius 2 is 2.00 bits per heavy atom. The first-order chi connectivity index (χ1) is 22.4. The third-order valence-corrected chi connectivity index (χ3v) is 11.7. The molecule has 2 aromatic heterocycles. The molecule has 6 rings (SSSR count). The van der Waals surface area contributed by atoms with Gasteiger partial charge in [0, 0.05) is 31.7 Å². The number of nitrogens with zero attached hydrogens (tertiary/aromatic N) is 6. The van der Waals surface area contributed by atoms with E-state index in [1.54, 1.807) is 28.9 Å². The average molecular weight is 675 g/mol. The van der Waals surface area contributed by atoms with Gasteiger partial charge in [0.1, 0.15) is 18.2 Å². The number of fused-ring (bicyclic) bond motifs is 2. The van der Waals surface area contributed by atoms with Crippen molar-refractivity contribution in [2.75, 3.05) is 10.9 Å². The van der Waals surface area contributed by atoms with Gasteiger partial charge in [-0.3, -0.25) is 14.4 Å². The lowest BCUT2D eigenvalue weighted by Crippen LogP contribution is -2.35. The van der Waals surface area contributed by atoms with Crippen molar-refractivity contribution in [3.63, 3.8) is 0 Å². The molecule has 0 saturated carbocycles. The second-order valence-electron chi connectivity index (χ2n) is 12.5. The minimum atomic E-state index is -4.67. The Kier molecular flexibility index (Phi) is 8.43. The van der Waals surface area contributed by atoms with Crippen LogP contribution in [0.25, 0.3) is 22.4 Å². The topological polar surface area (TPSA) is 157 Å². The molecule has 47 heavy (non-hydrogen) atoms. The molecule has 0 bridgehead atoms. The number of benzene rings is 3. The molecule has 1 aliphatic rings. The van der Waals surface area contributed by atoms with E-state index in [2.05, 4.69) is 24.6 Å². The molecule has 1 atom stereocenters. The summed E-state index contributed by atoms with van der Waals surface area (Å²) in [7, 11) is -6.01. The van der Waals surface area contributed by atoms with Crippen molar-refractivity contribution in [3.05, 3.63) is 99.8 Å². The summed E-state index contributed by atoms with van der Waals surface area (Å²) in [5, 5.41) is 26.6. The van der Waals surface area contributed by atoms with Gasteiger partial charge in [0.2, 0.25) is 0 Å². The summed E-state index contributed by atoms with van der Waals surface area (Å²) in [6.45, 7) is 7.45. The Morgan fingerprint density at radius 1 is 1.21 bits per heavy atom. The zero-order chi connectivity index (χ0) is 33.5. The number of nitriles is 1. The maximum absolute atomic E-state index is 15.7. The molecule has 12 nitrogen and oxygen atoms in total. The SMILES string of the molecule is C[Si](C)(C)CCOCn1nc(-c2cnco2)c2cc(N(C3CCc4cc(C#N)cc(F)c43)S(=O)(=O)c3ccccc3[N+](=O)[O-])ccc21. The minimum absolute atomic E-state index is 0.118. The van der Waals surface area contributed by atoms with Gasteiger partial charge in [0.25, 0.3) is 15.7 Å². The molecule has 0 radical (unpaired) electrons. The minimum Gasteiger partial charge on any atom is -0.442 e. The first-order valence-electron chi connectivity index (χ1n) is 14.9. The molecule has 1 unspecified atom stereocenters. The lowest BCUT2D eigenvalue weighted by Gasteiger charge is -2.31. The van der Waals surface area contributed by atoms with Crippen LogP contribution in [-0.4, -0.2) is 42.8 Å². The van der Waals surface area contributed by atoms with Crippen LogP contribution in [-0.2, 0) is 27.9 Å². The van der Waals surface area contributed by atoms with E-state index in [-0.39, 0.29) is 30.0 Å². The summed E-state index contributed by atoms with van der Waals surface area (Å²) in [4.78, 5) is 14.7. The molecule has 0 spiro atoms. The molecule has 5 aromatic rings. The maximum atomic E-state index is 15.7. The maximum Gasteiger partial charge on any atom is 0.289 e. The normalized spacial score (nSPS) is 14.7. The van der Waals surface area contributed by atoms with Gasteiger partial charge in [-0.15, -0.1) is 0 Å². The number of oxazole rings is 1. The van der Waals surface area contributed by atoms with Crippen molar-refractivity contribution in [2.45, 2.75) is 56.2 Å². The largest absolute Gasteiger partial charge is 0.442 e. The summed E-state index contributed by atoms with van der Waals surface area (Å²) in [6.07, 6.45) is 3.22. The van der Waals surface area contributed by atoms with E-state index in [4.69, 9.17) is 14.3 Å². The number of aromatic nitrogens is 3. The molecule has 0 N–H and O–H groups in total. The van der Waals surface area contributed by atoms with E-state index < -0.39 is 45.5 Å². The van der Waals surface area contributed by atoms with Gasteiger partial charge in [-0.25, -0.2) is 22.5 Å². The highest BCUT2D eigenvalue weighted by molar-refractivity contribution is 7.93. The number of nitro groups is 1. The van der Waals surface area contributed by atoms with Crippen LogP contribution in [0.2, 0.25) is 25.7 Å². The van der Waals surface area contributed by atoms with E-state index in [9.17, 15) is 23.8 Å². The molecule has 0 fully saturated rings. The Bertz CT molecular complexity index is 2140. The fraction of sp³-hybridized carbons (Fsp3) is 0.281. The van der Waals surface area contributed by atoms with Crippen molar-refractivity contribution >= 4 is 40.4 Å². The van der Waals surface area contributed by atoms with E-state index in [1.807, 2.05) is 6.07 Å². The number of hydrogen-bond donors (Lipinski definition) is 0. The number of rotatable bonds is 11. The van der Waals surface area contributed by atoms with Crippen molar-refractivity contribution in [2.24, 2.45) is 0 Å².